The summed E-state index contributed by atoms with van der Waals surface area (Å²) < 4.78 is 0. The Labute approximate surface area is 375 Å². The molecule has 1 fully saturated rings. The molecule has 2 aliphatic rings. The summed E-state index contributed by atoms with van der Waals surface area (Å²) >= 11 is 0. The molecule has 306 valence electrons. The van der Waals surface area contributed by atoms with E-state index in [1.54, 1.807) is 0 Å². The Morgan fingerprint density at radius 2 is 0.922 bits per heavy atom. The highest BCUT2D eigenvalue weighted by Crippen LogP contribution is 2.63. The second-order valence-electron chi connectivity index (χ2n) is 19.1. The molecule has 13 rings (SSSR count). The summed E-state index contributed by atoms with van der Waals surface area (Å²) in [6.07, 6.45) is 3.66. The predicted octanol–water partition coefficient (Wildman–Crippen LogP) is 17.5. The first kappa shape index (κ1) is 37.3. The van der Waals surface area contributed by atoms with Gasteiger partial charge in [0.25, 0.3) is 0 Å². The van der Waals surface area contributed by atoms with Crippen LogP contribution in [-0.2, 0) is 5.41 Å². The van der Waals surface area contributed by atoms with E-state index in [2.05, 4.69) is 226 Å². The molecule has 0 spiro atoms. The van der Waals surface area contributed by atoms with Crippen molar-refractivity contribution >= 4 is 65.2 Å². The van der Waals surface area contributed by atoms with Crippen LogP contribution in [0.25, 0.3) is 98.4 Å². The number of para-hydroxylation sites is 1. The second kappa shape index (κ2) is 13.9. The molecular formula is C63H49N. The van der Waals surface area contributed by atoms with E-state index in [4.69, 9.17) is 0 Å². The normalized spacial score (nSPS) is 19.5. The lowest BCUT2D eigenvalue weighted by molar-refractivity contribution is 0.130. The van der Waals surface area contributed by atoms with E-state index in [0.717, 1.165) is 0 Å². The maximum atomic E-state index is 2.71. The van der Waals surface area contributed by atoms with Crippen LogP contribution in [0, 0.1) is 5.92 Å². The van der Waals surface area contributed by atoms with Crippen LogP contribution in [0.4, 0.5) is 11.4 Å². The summed E-state index contributed by atoms with van der Waals surface area (Å²) in [6, 6.07) is 75.7. The fraction of sp³-hybridized carbons (Fsp3) is 0.143. The molecule has 1 heteroatoms. The minimum absolute atomic E-state index is 0.0218. The lowest BCUT2D eigenvalue weighted by atomic mass is 9.57. The van der Waals surface area contributed by atoms with Crippen molar-refractivity contribution in [2.45, 2.75) is 51.0 Å². The first-order valence-corrected chi connectivity index (χ1v) is 23.2. The third kappa shape index (κ3) is 5.13. The molecule has 64 heavy (non-hydrogen) atoms. The van der Waals surface area contributed by atoms with Crippen molar-refractivity contribution in [3.8, 4) is 44.5 Å². The van der Waals surface area contributed by atoms with Crippen molar-refractivity contribution in [2.24, 2.45) is 5.92 Å². The zero-order valence-corrected chi connectivity index (χ0v) is 36.7. The van der Waals surface area contributed by atoms with Gasteiger partial charge in [-0.15, -0.1) is 0 Å². The average molecular weight is 820 g/mol. The standard InChI is InChI=1S/C63H49N/c1-40-17-16-36-62(2)58-37-44(30-35-59(58)64(63(40,62)3)45-24-8-5-9-25-45)55-39-57(49-29-15-23-42-21-11-13-27-47(42)49)53-33-31-50-54(43-18-6-4-7-19-43)38-56(52-34-32-51(55)61(53)60(50)52)48-28-14-22-41-20-10-12-26-46(41)48/h4-15,18-35,37-40H,16-17,36H2,1-3H3. The minimum Gasteiger partial charge on any atom is -0.334 e. The quantitative estimate of drug-likeness (QED) is 0.156. The summed E-state index contributed by atoms with van der Waals surface area (Å²) in [5.74, 6) is 0.532. The molecule has 0 amide bonds. The van der Waals surface area contributed by atoms with Crippen molar-refractivity contribution in [2.75, 3.05) is 4.90 Å². The number of benzene rings is 11. The summed E-state index contributed by atoms with van der Waals surface area (Å²) in [5, 5.41) is 12.9. The molecule has 0 radical (unpaired) electrons. The maximum absolute atomic E-state index is 2.71. The van der Waals surface area contributed by atoms with Gasteiger partial charge in [-0.1, -0.05) is 184 Å². The van der Waals surface area contributed by atoms with Gasteiger partial charge in [0, 0.05) is 16.8 Å². The van der Waals surface area contributed by atoms with E-state index >= 15 is 0 Å². The van der Waals surface area contributed by atoms with Crippen molar-refractivity contribution in [1.29, 1.82) is 0 Å². The van der Waals surface area contributed by atoms with Gasteiger partial charge in [-0.05, 0) is 166 Å². The average Bonchev–Trinajstić information content (AvgIpc) is 3.56. The smallest absolute Gasteiger partial charge is 0.0543 e. The number of hydrogen-bond donors (Lipinski definition) is 0. The number of hydrogen-bond acceptors (Lipinski definition) is 1. The first-order valence-electron chi connectivity index (χ1n) is 23.2. The lowest BCUT2D eigenvalue weighted by Crippen LogP contribution is -2.59. The van der Waals surface area contributed by atoms with Crippen molar-refractivity contribution in [3.05, 3.63) is 206 Å². The molecule has 3 atom stereocenters. The van der Waals surface area contributed by atoms with Crippen LogP contribution >= 0.6 is 0 Å². The molecule has 1 saturated carbocycles. The van der Waals surface area contributed by atoms with E-state index in [0.29, 0.717) is 5.92 Å². The second-order valence-corrected chi connectivity index (χ2v) is 19.1. The van der Waals surface area contributed by atoms with Crippen LogP contribution in [-0.4, -0.2) is 5.54 Å². The molecule has 3 unspecified atom stereocenters. The molecule has 0 saturated heterocycles. The number of nitrogens with zero attached hydrogens (tertiary/aromatic N) is 1. The van der Waals surface area contributed by atoms with Crippen LogP contribution in [0.3, 0.4) is 0 Å². The monoisotopic (exact) mass is 819 g/mol. The number of fused-ring (bicyclic) bond motifs is 5. The van der Waals surface area contributed by atoms with E-state index in [9.17, 15) is 0 Å². The van der Waals surface area contributed by atoms with Gasteiger partial charge in [-0.2, -0.15) is 0 Å². The lowest BCUT2D eigenvalue weighted by Gasteiger charge is -2.54. The SMILES string of the molecule is CC1CCCC2(C)c3cc(-c4cc(-c5cccc6ccccc56)c5ccc6c(-c7ccccc7)cc(-c7cccc8ccccc78)c7ccc4c5c67)ccc3N(c3ccccc3)C12C. The van der Waals surface area contributed by atoms with Crippen LogP contribution in [0.15, 0.2) is 200 Å². The van der Waals surface area contributed by atoms with Gasteiger partial charge in [0.15, 0.2) is 0 Å². The summed E-state index contributed by atoms with van der Waals surface area (Å²) in [5.41, 5.74) is 14.2. The highest BCUT2D eigenvalue weighted by atomic mass is 15.3. The van der Waals surface area contributed by atoms with Gasteiger partial charge >= 0.3 is 0 Å². The molecular weight excluding hydrogens is 771 g/mol. The van der Waals surface area contributed by atoms with Gasteiger partial charge in [0.05, 0.1) is 5.54 Å². The van der Waals surface area contributed by atoms with Gasteiger partial charge < -0.3 is 4.90 Å². The molecule has 0 N–H and O–H groups in total. The molecule has 0 bridgehead atoms. The number of anilines is 2. The zero-order valence-electron chi connectivity index (χ0n) is 36.7. The molecule has 11 aromatic rings. The Morgan fingerprint density at radius 3 is 1.52 bits per heavy atom. The Hall–Kier alpha value is -7.22. The van der Waals surface area contributed by atoms with E-state index in [-0.39, 0.29) is 11.0 Å². The summed E-state index contributed by atoms with van der Waals surface area (Å²) in [4.78, 5) is 2.71. The Kier molecular flexibility index (Phi) is 8.10. The third-order valence-corrected chi connectivity index (χ3v) is 16.2. The molecule has 0 aromatic heterocycles. The summed E-state index contributed by atoms with van der Waals surface area (Å²) in [6.45, 7) is 7.61. The summed E-state index contributed by atoms with van der Waals surface area (Å²) in [7, 11) is 0. The van der Waals surface area contributed by atoms with E-state index in [1.807, 2.05) is 0 Å². The Bertz CT molecular complexity index is 3630. The highest BCUT2D eigenvalue weighted by molar-refractivity contribution is 6.32. The van der Waals surface area contributed by atoms with Crippen LogP contribution < -0.4 is 4.90 Å². The fourth-order valence-corrected chi connectivity index (χ4v) is 12.7. The maximum Gasteiger partial charge on any atom is 0.0543 e. The van der Waals surface area contributed by atoms with Crippen LogP contribution in [0.1, 0.15) is 45.6 Å². The highest BCUT2D eigenvalue weighted by Gasteiger charge is 2.60. The Balaban J connectivity index is 1.16. The van der Waals surface area contributed by atoms with Gasteiger partial charge in [-0.25, -0.2) is 0 Å². The van der Waals surface area contributed by atoms with E-state index in [1.165, 1.54) is 135 Å². The molecule has 11 aromatic carbocycles. The predicted molar refractivity (Wildman–Crippen MR) is 274 cm³/mol. The first-order chi connectivity index (χ1) is 31.4. The van der Waals surface area contributed by atoms with Crippen molar-refractivity contribution in [3.63, 3.8) is 0 Å². The minimum atomic E-state index is -0.0593. The van der Waals surface area contributed by atoms with Crippen LogP contribution in [0.5, 0.6) is 0 Å². The van der Waals surface area contributed by atoms with Crippen molar-refractivity contribution in [1.82, 2.24) is 0 Å². The molecule has 1 heterocycles. The molecule has 1 aliphatic heterocycles. The number of rotatable bonds is 5. The largest absolute Gasteiger partial charge is 0.334 e. The molecule has 1 aliphatic carbocycles. The third-order valence-electron chi connectivity index (χ3n) is 16.2. The van der Waals surface area contributed by atoms with Gasteiger partial charge in [0.1, 0.15) is 0 Å². The molecule has 1 nitrogen and oxygen atoms in total. The van der Waals surface area contributed by atoms with Crippen LogP contribution in [0.2, 0.25) is 0 Å². The van der Waals surface area contributed by atoms with Gasteiger partial charge in [0.2, 0.25) is 0 Å². The Morgan fingerprint density at radius 1 is 0.422 bits per heavy atom. The van der Waals surface area contributed by atoms with Crippen molar-refractivity contribution < 1.29 is 0 Å². The fourth-order valence-electron chi connectivity index (χ4n) is 12.7. The zero-order chi connectivity index (χ0) is 42.7. The van der Waals surface area contributed by atoms with Gasteiger partial charge in [-0.3, -0.25) is 0 Å². The topological polar surface area (TPSA) is 3.24 Å². The van der Waals surface area contributed by atoms with E-state index < -0.39 is 0 Å².